The topological polar surface area (TPSA) is 45.2 Å². The normalized spacial score (nSPS) is 20.3. The summed E-state index contributed by atoms with van der Waals surface area (Å²) < 4.78 is 0. The second-order valence-electron chi connectivity index (χ2n) is 6.97. The van der Waals surface area contributed by atoms with Crippen LogP contribution in [0.4, 0.5) is 5.69 Å². The summed E-state index contributed by atoms with van der Waals surface area (Å²) in [5.74, 6) is 0.289. The number of carbonyl (C=O) groups is 1. The summed E-state index contributed by atoms with van der Waals surface area (Å²) in [6.45, 7) is 14.7. The molecule has 4 heteroatoms. The van der Waals surface area contributed by atoms with Gasteiger partial charge in [-0.05, 0) is 52.2 Å². The molecule has 1 N–H and O–H groups in total. The molecule has 1 aliphatic heterocycles. The molecule has 0 saturated carbocycles. The predicted molar refractivity (Wildman–Crippen MR) is 103 cm³/mol. The minimum Gasteiger partial charge on any atom is -0.368 e. The third-order valence-corrected chi connectivity index (χ3v) is 4.25. The molecular formula is C20H35N3O. The Labute approximate surface area is 148 Å². The Kier molecular flexibility index (Phi) is 8.98. The first kappa shape index (κ1) is 20.6. The van der Waals surface area contributed by atoms with E-state index in [4.69, 9.17) is 0 Å². The van der Waals surface area contributed by atoms with Crippen molar-refractivity contribution in [1.82, 2.24) is 10.3 Å². The number of carbonyl (C=O) groups excluding carboxylic acids is 1. The fraction of sp³-hybridized carbons (Fsp3) is 0.700. The van der Waals surface area contributed by atoms with E-state index in [-0.39, 0.29) is 5.78 Å². The summed E-state index contributed by atoms with van der Waals surface area (Å²) in [6, 6.07) is 3.29. The highest BCUT2D eigenvalue weighted by atomic mass is 16.1. The Morgan fingerprint density at radius 3 is 2.33 bits per heavy atom. The highest BCUT2D eigenvalue weighted by Crippen LogP contribution is 2.25. The Balaban J connectivity index is 0.000000413. The number of nitrogens with zero attached hydrogens (tertiary/aromatic N) is 2. The molecule has 1 fully saturated rings. The highest BCUT2D eigenvalue weighted by Gasteiger charge is 2.23. The number of nitrogens with one attached hydrogen (secondary N) is 1. The van der Waals surface area contributed by atoms with Crippen molar-refractivity contribution in [2.75, 3.05) is 18.0 Å². The van der Waals surface area contributed by atoms with E-state index in [1.807, 2.05) is 13.1 Å². The number of ketones is 1. The van der Waals surface area contributed by atoms with E-state index in [2.05, 4.69) is 49.0 Å². The fourth-order valence-corrected chi connectivity index (χ4v) is 3.31. The van der Waals surface area contributed by atoms with Crippen LogP contribution in [0.2, 0.25) is 0 Å². The zero-order chi connectivity index (χ0) is 18.1. The lowest BCUT2D eigenvalue weighted by Crippen LogP contribution is -2.54. The summed E-state index contributed by atoms with van der Waals surface area (Å²) in [6.07, 6.45) is 5.97. The number of hydrogen-bond acceptors (Lipinski definition) is 4. The number of Topliss-reactive ketones (excluding diaryl/α,β-unsaturated/α-hetero) is 1. The Morgan fingerprint density at radius 1 is 1.25 bits per heavy atom. The van der Waals surface area contributed by atoms with E-state index in [1.165, 1.54) is 23.4 Å². The molecule has 4 nitrogen and oxygen atoms in total. The maximum absolute atomic E-state index is 10.0. The molecule has 1 aliphatic rings. The lowest BCUT2D eigenvalue weighted by Gasteiger charge is -2.38. The minimum absolute atomic E-state index is 0.289. The van der Waals surface area contributed by atoms with Gasteiger partial charge in [0.25, 0.3) is 0 Å². The van der Waals surface area contributed by atoms with Crippen molar-refractivity contribution in [2.45, 2.75) is 79.3 Å². The van der Waals surface area contributed by atoms with Gasteiger partial charge in [-0.15, -0.1) is 0 Å². The molecule has 2 heterocycles. The third-order valence-electron chi connectivity index (χ3n) is 4.25. The number of piperazine rings is 1. The van der Waals surface area contributed by atoms with Crippen molar-refractivity contribution < 1.29 is 4.79 Å². The average molecular weight is 334 g/mol. The van der Waals surface area contributed by atoms with Crippen molar-refractivity contribution in [3.8, 4) is 0 Å². The molecule has 0 spiro atoms. The van der Waals surface area contributed by atoms with Crippen LogP contribution in [0.5, 0.6) is 0 Å². The predicted octanol–water partition coefficient (Wildman–Crippen LogP) is 3.90. The maximum Gasteiger partial charge on any atom is 0.129 e. The van der Waals surface area contributed by atoms with E-state index in [9.17, 15) is 4.79 Å². The van der Waals surface area contributed by atoms with E-state index in [0.717, 1.165) is 32.4 Å². The lowest BCUT2D eigenvalue weighted by molar-refractivity contribution is -0.117. The standard InChI is InChI=1S/C15H25N3.C5H10O/c1-5-6-14-13(4)16-8-7-15(14)18-9-11(2)17-12(3)10-18;1-3-4-5(2)6/h7-8,11-12,17H,5-6,9-10H2,1-4H3;3-4H2,1-2H3. The van der Waals surface area contributed by atoms with Crippen LogP contribution in [0.15, 0.2) is 12.3 Å². The first-order valence-corrected chi connectivity index (χ1v) is 9.33. The number of hydrogen-bond donors (Lipinski definition) is 1. The first-order chi connectivity index (χ1) is 11.4. The monoisotopic (exact) mass is 333 g/mol. The van der Waals surface area contributed by atoms with Crippen LogP contribution >= 0.6 is 0 Å². The van der Waals surface area contributed by atoms with Crippen LogP contribution in [0.3, 0.4) is 0 Å². The molecule has 0 aromatic carbocycles. The Morgan fingerprint density at radius 2 is 1.88 bits per heavy atom. The SMILES string of the molecule is CCCC(C)=O.CCCc1c(N2CC(C)NC(C)C2)ccnc1C. The quantitative estimate of drug-likeness (QED) is 0.887. The second-order valence-corrected chi connectivity index (χ2v) is 6.97. The van der Waals surface area contributed by atoms with Crippen molar-refractivity contribution in [3.05, 3.63) is 23.5 Å². The summed E-state index contributed by atoms with van der Waals surface area (Å²) in [5.41, 5.74) is 4.01. The van der Waals surface area contributed by atoms with E-state index >= 15 is 0 Å². The van der Waals surface area contributed by atoms with Crippen LogP contribution < -0.4 is 10.2 Å². The van der Waals surface area contributed by atoms with Gasteiger partial charge in [0, 0.05) is 49.2 Å². The molecule has 136 valence electrons. The smallest absolute Gasteiger partial charge is 0.129 e. The summed E-state index contributed by atoms with van der Waals surface area (Å²) in [4.78, 5) is 17.0. The molecule has 2 rings (SSSR count). The van der Waals surface area contributed by atoms with Crippen LogP contribution in [0.25, 0.3) is 0 Å². The van der Waals surface area contributed by atoms with E-state index < -0.39 is 0 Å². The number of aromatic nitrogens is 1. The molecule has 1 aromatic heterocycles. The Hall–Kier alpha value is -1.42. The highest BCUT2D eigenvalue weighted by molar-refractivity contribution is 5.75. The second kappa shape index (κ2) is 10.4. The van der Waals surface area contributed by atoms with Gasteiger partial charge < -0.3 is 15.0 Å². The molecule has 1 saturated heterocycles. The number of aryl methyl sites for hydroxylation is 1. The molecule has 24 heavy (non-hydrogen) atoms. The van der Waals surface area contributed by atoms with Gasteiger partial charge in [-0.1, -0.05) is 20.3 Å². The minimum atomic E-state index is 0.289. The number of pyridine rings is 1. The molecule has 0 amide bonds. The summed E-state index contributed by atoms with van der Waals surface area (Å²) >= 11 is 0. The van der Waals surface area contributed by atoms with Crippen LogP contribution in [0, 0.1) is 6.92 Å². The van der Waals surface area contributed by atoms with Gasteiger partial charge in [0.2, 0.25) is 0 Å². The first-order valence-electron chi connectivity index (χ1n) is 9.33. The van der Waals surface area contributed by atoms with Crippen molar-refractivity contribution in [2.24, 2.45) is 0 Å². The lowest BCUT2D eigenvalue weighted by atomic mass is 10.0. The maximum atomic E-state index is 10.0. The number of anilines is 1. The average Bonchev–Trinajstić information content (AvgIpc) is 2.49. The van der Waals surface area contributed by atoms with Gasteiger partial charge in [-0.2, -0.15) is 0 Å². The van der Waals surface area contributed by atoms with E-state index in [1.54, 1.807) is 6.92 Å². The Bertz CT molecular complexity index is 506. The zero-order valence-electron chi connectivity index (χ0n) is 16.4. The molecule has 0 radical (unpaired) electrons. The third kappa shape index (κ3) is 6.60. The van der Waals surface area contributed by atoms with Gasteiger partial charge in [-0.25, -0.2) is 0 Å². The van der Waals surface area contributed by atoms with Crippen molar-refractivity contribution in [1.29, 1.82) is 0 Å². The molecular weight excluding hydrogens is 298 g/mol. The van der Waals surface area contributed by atoms with Gasteiger partial charge in [0.05, 0.1) is 0 Å². The zero-order valence-corrected chi connectivity index (χ0v) is 16.4. The largest absolute Gasteiger partial charge is 0.368 e. The van der Waals surface area contributed by atoms with Crippen LogP contribution in [0.1, 0.15) is 65.1 Å². The van der Waals surface area contributed by atoms with Gasteiger partial charge in [0.15, 0.2) is 0 Å². The van der Waals surface area contributed by atoms with Crippen molar-refractivity contribution in [3.63, 3.8) is 0 Å². The molecule has 2 atom stereocenters. The van der Waals surface area contributed by atoms with Gasteiger partial charge >= 0.3 is 0 Å². The molecule has 0 aliphatic carbocycles. The summed E-state index contributed by atoms with van der Waals surface area (Å²) in [5, 5.41) is 3.59. The van der Waals surface area contributed by atoms with Crippen LogP contribution in [-0.2, 0) is 11.2 Å². The number of rotatable bonds is 5. The van der Waals surface area contributed by atoms with E-state index in [0.29, 0.717) is 12.1 Å². The molecule has 1 aromatic rings. The molecule has 0 bridgehead atoms. The van der Waals surface area contributed by atoms with Gasteiger partial charge in [-0.3, -0.25) is 4.98 Å². The molecule has 2 unspecified atom stereocenters. The van der Waals surface area contributed by atoms with Gasteiger partial charge in [0.1, 0.15) is 5.78 Å². The van der Waals surface area contributed by atoms with Crippen LogP contribution in [-0.4, -0.2) is 35.9 Å². The summed E-state index contributed by atoms with van der Waals surface area (Å²) in [7, 11) is 0. The van der Waals surface area contributed by atoms with Crippen molar-refractivity contribution >= 4 is 11.5 Å². The fourth-order valence-electron chi connectivity index (χ4n) is 3.31.